The number of carboxylic acid groups (broad SMARTS) is 1. The van der Waals surface area contributed by atoms with Crippen LogP contribution in [0.2, 0.25) is 0 Å². The summed E-state index contributed by atoms with van der Waals surface area (Å²) >= 11 is 10.2. The number of hydrogen-bond acceptors (Lipinski definition) is 2. The van der Waals surface area contributed by atoms with Crippen LogP contribution in [0, 0.1) is 0 Å². The van der Waals surface area contributed by atoms with Crippen LogP contribution in [0.5, 0.6) is 0 Å². The molecule has 5 heteroatoms. The Kier molecular flexibility index (Phi) is 4.07. The van der Waals surface area contributed by atoms with Gasteiger partial charge in [-0.2, -0.15) is 0 Å². The average molecular weight is 183 g/mol. The molecule has 0 amide bonds. The quantitative estimate of drug-likeness (QED) is 0.524. The lowest BCUT2D eigenvalue weighted by atomic mass is 10.4. The maximum atomic E-state index is 10.4. The molecule has 0 fully saturated rings. The van der Waals surface area contributed by atoms with Crippen LogP contribution < -0.4 is 0 Å². The number of ketones is 1. The van der Waals surface area contributed by atoms with Crippen molar-refractivity contribution in [2.45, 2.75) is 4.84 Å². The molecule has 56 valence electrons. The zero-order valence-electron chi connectivity index (χ0n) is 4.75. The third kappa shape index (κ3) is 4.35. The molecule has 0 heterocycles. The van der Waals surface area contributed by atoms with Crippen molar-refractivity contribution in [2.24, 2.45) is 0 Å². The molecular formula is C5H4Cl2O3. The Morgan fingerprint density at radius 3 is 2.10 bits per heavy atom. The van der Waals surface area contributed by atoms with Gasteiger partial charge in [-0.3, -0.25) is 4.79 Å². The first-order chi connectivity index (χ1) is 4.54. The number of hydrogen-bond donors (Lipinski definition) is 1. The summed E-state index contributed by atoms with van der Waals surface area (Å²) in [5.41, 5.74) is 0. The first-order valence-corrected chi connectivity index (χ1v) is 3.14. The van der Waals surface area contributed by atoms with Crippen molar-refractivity contribution in [3.8, 4) is 0 Å². The van der Waals surface area contributed by atoms with Crippen molar-refractivity contribution < 1.29 is 14.7 Å². The summed E-state index contributed by atoms with van der Waals surface area (Å²) in [5, 5.41) is 8.02. The van der Waals surface area contributed by atoms with Crippen LogP contribution in [0.25, 0.3) is 0 Å². The maximum Gasteiger partial charge on any atom is 0.328 e. The zero-order valence-corrected chi connectivity index (χ0v) is 6.26. The van der Waals surface area contributed by atoms with Gasteiger partial charge in [-0.1, -0.05) is 23.2 Å². The Balaban J connectivity index is 3.90. The van der Waals surface area contributed by atoms with Crippen LogP contribution in [0.15, 0.2) is 12.2 Å². The fraction of sp³-hybridized carbons (Fsp3) is 0.200. The fourth-order valence-corrected chi connectivity index (χ4v) is 0.372. The van der Waals surface area contributed by atoms with Gasteiger partial charge in [0.1, 0.15) is 0 Å². The first kappa shape index (κ1) is 9.46. The van der Waals surface area contributed by atoms with Gasteiger partial charge in [0.2, 0.25) is 0 Å². The van der Waals surface area contributed by atoms with Crippen molar-refractivity contribution in [1.82, 2.24) is 0 Å². The molecule has 3 nitrogen and oxygen atoms in total. The lowest BCUT2D eigenvalue weighted by molar-refractivity contribution is -0.131. The van der Waals surface area contributed by atoms with Gasteiger partial charge in [0.25, 0.3) is 0 Å². The largest absolute Gasteiger partial charge is 0.478 e. The molecule has 0 saturated heterocycles. The molecule has 0 spiro atoms. The molecule has 10 heavy (non-hydrogen) atoms. The number of aliphatic carboxylic acids is 1. The molecule has 0 aliphatic carbocycles. The van der Waals surface area contributed by atoms with Gasteiger partial charge in [-0.15, -0.1) is 0 Å². The van der Waals surface area contributed by atoms with Gasteiger partial charge < -0.3 is 5.11 Å². The Labute approximate surface area is 67.2 Å². The second kappa shape index (κ2) is 4.30. The van der Waals surface area contributed by atoms with E-state index in [1.165, 1.54) is 0 Å². The lowest BCUT2D eigenvalue weighted by Crippen LogP contribution is -2.03. The Hall–Kier alpha value is -0.540. The molecule has 0 saturated carbocycles. The molecule has 0 rings (SSSR count). The number of allylic oxidation sites excluding steroid dienone is 1. The summed E-state index contributed by atoms with van der Waals surface area (Å²) in [6, 6.07) is 0. The molecule has 0 aliphatic heterocycles. The smallest absolute Gasteiger partial charge is 0.328 e. The summed E-state index contributed by atoms with van der Waals surface area (Å²) in [6.07, 6.45) is 1.49. The number of carboxylic acids is 1. The molecule has 0 aromatic carbocycles. The zero-order chi connectivity index (χ0) is 8.15. The number of halogens is 2. The van der Waals surface area contributed by atoms with Gasteiger partial charge in [0, 0.05) is 6.08 Å². The van der Waals surface area contributed by atoms with Crippen LogP contribution in [-0.2, 0) is 9.59 Å². The van der Waals surface area contributed by atoms with E-state index in [9.17, 15) is 9.59 Å². The minimum absolute atomic E-state index is 0.634. The number of alkyl halides is 2. The van der Waals surface area contributed by atoms with Gasteiger partial charge in [0.15, 0.2) is 10.6 Å². The van der Waals surface area contributed by atoms with Crippen molar-refractivity contribution in [2.75, 3.05) is 0 Å². The second-order valence-corrected chi connectivity index (χ2v) is 2.47. The normalized spacial score (nSPS) is 10.7. The highest BCUT2D eigenvalue weighted by Crippen LogP contribution is 2.02. The van der Waals surface area contributed by atoms with Crippen LogP contribution in [0.1, 0.15) is 0 Å². The molecule has 0 aromatic rings. The second-order valence-electron chi connectivity index (χ2n) is 1.37. The van der Waals surface area contributed by atoms with E-state index in [0.717, 1.165) is 6.08 Å². The summed E-state index contributed by atoms with van der Waals surface area (Å²) in [6.45, 7) is 0. The number of rotatable bonds is 3. The van der Waals surface area contributed by atoms with E-state index in [-0.39, 0.29) is 0 Å². The molecule has 0 aliphatic rings. The Morgan fingerprint density at radius 1 is 1.30 bits per heavy atom. The van der Waals surface area contributed by atoms with E-state index >= 15 is 0 Å². The summed E-state index contributed by atoms with van der Waals surface area (Å²) in [7, 11) is 0. The number of carbonyl (C=O) groups excluding carboxylic acids is 1. The van der Waals surface area contributed by atoms with Gasteiger partial charge in [0.05, 0.1) is 0 Å². The molecular weight excluding hydrogens is 179 g/mol. The molecule has 0 bridgehead atoms. The summed E-state index contributed by atoms with van der Waals surface area (Å²) in [5.74, 6) is -1.84. The highest BCUT2D eigenvalue weighted by molar-refractivity contribution is 6.54. The van der Waals surface area contributed by atoms with E-state index in [1.807, 2.05) is 0 Å². The van der Waals surface area contributed by atoms with Crippen molar-refractivity contribution in [1.29, 1.82) is 0 Å². The van der Waals surface area contributed by atoms with Gasteiger partial charge in [-0.05, 0) is 6.08 Å². The van der Waals surface area contributed by atoms with Crippen molar-refractivity contribution in [3.05, 3.63) is 12.2 Å². The van der Waals surface area contributed by atoms with E-state index in [4.69, 9.17) is 28.3 Å². The summed E-state index contributed by atoms with van der Waals surface area (Å²) < 4.78 is 0. The predicted molar refractivity (Wildman–Crippen MR) is 37.3 cm³/mol. The van der Waals surface area contributed by atoms with Crippen LogP contribution in [0.3, 0.4) is 0 Å². The molecule has 1 N–H and O–H groups in total. The minimum Gasteiger partial charge on any atom is -0.478 e. The first-order valence-electron chi connectivity index (χ1n) is 2.27. The standard InChI is InChI=1S/C5H4Cl2O3/c6-5(7)3(8)1-2-4(9)10/h1-2,5H,(H,9,10). The van der Waals surface area contributed by atoms with E-state index < -0.39 is 16.6 Å². The van der Waals surface area contributed by atoms with Crippen LogP contribution in [-0.4, -0.2) is 21.7 Å². The Bertz CT molecular complexity index is 174. The predicted octanol–water partition coefficient (Wildman–Crippen LogP) is 1.00. The van der Waals surface area contributed by atoms with E-state index in [2.05, 4.69) is 0 Å². The van der Waals surface area contributed by atoms with Crippen molar-refractivity contribution in [3.63, 3.8) is 0 Å². The van der Waals surface area contributed by atoms with Crippen LogP contribution in [0.4, 0.5) is 0 Å². The maximum absolute atomic E-state index is 10.4. The highest BCUT2D eigenvalue weighted by Gasteiger charge is 2.06. The lowest BCUT2D eigenvalue weighted by Gasteiger charge is -1.89. The SMILES string of the molecule is O=C(O)C=CC(=O)C(Cl)Cl. The minimum atomic E-state index is -1.21. The molecule has 0 aromatic heterocycles. The fourth-order valence-electron chi connectivity index (χ4n) is 0.226. The highest BCUT2D eigenvalue weighted by atomic mass is 35.5. The van der Waals surface area contributed by atoms with Crippen LogP contribution >= 0.6 is 23.2 Å². The molecule has 0 radical (unpaired) electrons. The molecule has 0 atom stereocenters. The number of carbonyl (C=O) groups is 2. The Morgan fingerprint density at radius 2 is 1.80 bits per heavy atom. The van der Waals surface area contributed by atoms with E-state index in [1.54, 1.807) is 0 Å². The van der Waals surface area contributed by atoms with Gasteiger partial charge in [-0.25, -0.2) is 4.79 Å². The topological polar surface area (TPSA) is 54.4 Å². The molecule has 0 unspecified atom stereocenters. The average Bonchev–Trinajstić information content (AvgIpc) is 1.82. The monoisotopic (exact) mass is 182 g/mol. The van der Waals surface area contributed by atoms with Crippen molar-refractivity contribution >= 4 is 35.0 Å². The third-order valence-electron chi connectivity index (χ3n) is 0.605. The summed E-state index contributed by atoms with van der Waals surface area (Å²) in [4.78, 5) is 19.0. The van der Waals surface area contributed by atoms with Gasteiger partial charge >= 0.3 is 5.97 Å². The van der Waals surface area contributed by atoms with E-state index in [0.29, 0.717) is 6.08 Å². The third-order valence-corrected chi connectivity index (χ3v) is 1.04.